The van der Waals surface area contributed by atoms with Crippen LogP contribution >= 0.6 is 0 Å². The van der Waals surface area contributed by atoms with E-state index in [0.717, 1.165) is 34.9 Å². The maximum absolute atomic E-state index is 5.62. The molecule has 98 valence electrons. The lowest BCUT2D eigenvalue weighted by atomic mass is 10.0. The number of hydrogen-bond donors (Lipinski definition) is 1. The largest absolute Gasteiger partial charge is 0.486 e. The molecule has 0 amide bonds. The molecule has 19 heavy (non-hydrogen) atoms. The third-order valence-corrected chi connectivity index (χ3v) is 3.09. The van der Waals surface area contributed by atoms with Gasteiger partial charge in [-0.25, -0.2) is 0 Å². The van der Waals surface area contributed by atoms with Crippen LogP contribution in [0.1, 0.15) is 5.69 Å². The summed E-state index contributed by atoms with van der Waals surface area (Å²) in [6.45, 7) is 1.96. The van der Waals surface area contributed by atoms with Crippen molar-refractivity contribution in [2.45, 2.75) is 6.54 Å². The first-order chi connectivity index (χ1) is 9.38. The Morgan fingerprint density at radius 3 is 2.84 bits per heavy atom. The van der Waals surface area contributed by atoms with E-state index >= 15 is 0 Å². The average molecular weight is 256 g/mol. The smallest absolute Gasteiger partial charge is 0.161 e. The molecule has 0 spiro atoms. The molecule has 0 bridgehead atoms. The molecule has 4 heteroatoms. The highest BCUT2D eigenvalue weighted by Crippen LogP contribution is 2.35. The summed E-state index contributed by atoms with van der Waals surface area (Å²) in [6, 6.07) is 10.0. The Morgan fingerprint density at radius 2 is 2.00 bits per heavy atom. The zero-order chi connectivity index (χ0) is 13.1. The average Bonchev–Trinajstić information content (AvgIpc) is 2.48. The van der Waals surface area contributed by atoms with Gasteiger partial charge in [0.1, 0.15) is 13.2 Å². The summed E-state index contributed by atoms with van der Waals surface area (Å²) in [7, 11) is 1.92. The molecule has 0 unspecified atom stereocenters. The molecule has 2 aromatic rings. The summed E-state index contributed by atoms with van der Waals surface area (Å²) in [4.78, 5) is 4.42. The number of aromatic nitrogens is 1. The van der Waals surface area contributed by atoms with Crippen LogP contribution in [0.2, 0.25) is 0 Å². The molecule has 3 rings (SSSR count). The minimum atomic E-state index is 0.604. The molecular weight excluding hydrogens is 240 g/mol. The van der Waals surface area contributed by atoms with Crippen molar-refractivity contribution in [1.29, 1.82) is 0 Å². The van der Waals surface area contributed by atoms with Crippen LogP contribution in [-0.2, 0) is 6.54 Å². The van der Waals surface area contributed by atoms with E-state index in [-0.39, 0.29) is 0 Å². The number of hydrogen-bond acceptors (Lipinski definition) is 4. The second-order valence-corrected chi connectivity index (χ2v) is 4.39. The molecule has 0 aliphatic carbocycles. The Bertz CT molecular complexity index is 584. The van der Waals surface area contributed by atoms with E-state index < -0.39 is 0 Å². The lowest BCUT2D eigenvalue weighted by molar-refractivity contribution is 0.171. The van der Waals surface area contributed by atoms with E-state index in [0.29, 0.717) is 13.2 Å². The van der Waals surface area contributed by atoms with E-state index in [2.05, 4.69) is 16.4 Å². The molecule has 1 aromatic carbocycles. The van der Waals surface area contributed by atoms with E-state index in [1.807, 2.05) is 37.5 Å². The molecule has 1 aliphatic heterocycles. The van der Waals surface area contributed by atoms with Crippen LogP contribution in [0.5, 0.6) is 11.5 Å². The lowest BCUT2D eigenvalue weighted by Crippen LogP contribution is -2.15. The summed E-state index contributed by atoms with van der Waals surface area (Å²) < 4.78 is 11.2. The van der Waals surface area contributed by atoms with Crippen LogP contribution < -0.4 is 14.8 Å². The Kier molecular flexibility index (Phi) is 3.33. The molecule has 0 saturated carbocycles. The van der Waals surface area contributed by atoms with Gasteiger partial charge >= 0.3 is 0 Å². The van der Waals surface area contributed by atoms with Gasteiger partial charge in [-0.3, -0.25) is 4.98 Å². The minimum Gasteiger partial charge on any atom is -0.486 e. The number of pyridine rings is 1. The van der Waals surface area contributed by atoms with Gasteiger partial charge in [0.2, 0.25) is 0 Å². The number of benzene rings is 1. The Labute approximate surface area is 112 Å². The molecule has 0 atom stereocenters. The zero-order valence-electron chi connectivity index (χ0n) is 10.8. The number of fused-ring (bicyclic) bond motifs is 1. The van der Waals surface area contributed by atoms with Gasteiger partial charge in [0.05, 0.1) is 5.69 Å². The van der Waals surface area contributed by atoms with Gasteiger partial charge < -0.3 is 14.8 Å². The van der Waals surface area contributed by atoms with Crippen molar-refractivity contribution in [3.05, 3.63) is 42.2 Å². The van der Waals surface area contributed by atoms with Crippen molar-refractivity contribution in [1.82, 2.24) is 10.3 Å². The SMILES string of the molecule is CNCc1ncccc1-c1ccc2c(c1)OCCO2. The molecule has 0 fully saturated rings. The Balaban J connectivity index is 2.02. The monoisotopic (exact) mass is 256 g/mol. The molecule has 2 heterocycles. The second-order valence-electron chi connectivity index (χ2n) is 4.39. The van der Waals surface area contributed by atoms with Crippen LogP contribution in [0.3, 0.4) is 0 Å². The fourth-order valence-corrected chi connectivity index (χ4v) is 2.22. The summed E-state index contributed by atoms with van der Waals surface area (Å²) in [5.74, 6) is 1.62. The van der Waals surface area contributed by atoms with Crippen molar-refractivity contribution in [2.24, 2.45) is 0 Å². The fourth-order valence-electron chi connectivity index (χ4n) is 2.22. The summed E-state index contributed by atoms with van der Waals surface area (Å²) in [5, 5.41) is 3.14. The van der Waals surface area contributed by atoms with Crippen molar-refractivity contribution in [3.8, 4) is 22.6 Å². The van der Waals surface area contributed by atoms with Gasteiger partial charge in [0.15, 0.2) is 11.5 Å². The first-order valence-corrected chi connectivity index (χ1v) is 6.37. The molecular formula is C15H16N2O2. The standard InChI is InChI=1S/C15H16N2O2/c1-16-10-13-12(3-2-6-17-13)11-4-5-14-15(9-11)19-8-7-18-14/h2-6,9,16H,7-8,10H2,1H3. The van der Waals surface area contributed by atoms with Crippen molar-refractivity contribution in [3.63, 3.8) is 0 Å². The molecule has 1 aromatic heterocycles. The summed E-state index contributed by atoms with van der Waals surface area (Å²) >= 11 is 0. The lowest BCUT2D eigenvalue weighted by Gasteiger charge is -2.19. The number of rotatable bonds is 3. The van der Waals surface area contributed by atoms with Crippen molar-refractivity contribution in [2.75, 3.05) is 20.3 Å². The first-order valence-electron chi connectivity index (χ1n) is 6.37. The van der Waals surface area contributed by atoms with Crippen LogP contribution in [0.4, 0.5) is 0 Å². The van der Waals surface area contributed by atoms with Crippen LogP contribution in [0.25, 0.3) is 11.1 Å². The zero-order valence-corrected chi connectivity index (χ0v) is 10.8. The third-order valence-electron chi connectivity index (χ3n) is 3.09. The normalized spacial score (nSPS) is 13.3. The predicted octanol–water partition coefficient (Wildman–Crippen LogP) is 2.24. The third kappa shape index (κ3) is 2.39. The maximum Gasteiger partial charge on any atom is 0.161 e. The Hall–Kier alpha value is -2.07. The highest BCUT2D eigenvalue weighted by Gasteiger charge is 2.13. The van der Waals surface area contributed by atoms with Gasteiger partial charge in [0, 0.05) is 18.3 Å². The molecule has 1 N–H and O–H groups in total. The predicted molar refractivity (Wildman–Crippen MR) is 73.4 cm³/mol. The maximum atomic E-state index is 5.62. The quantitative estimate of drug-likeness (QED) is 0.914. The van der Waals surface area contributed by atoms with Crippen molar-refractivity contribution < 1.29 is 9.47 Å². The van der Waals surface area contributed by atoms with Gasteiger partial charge in [-0.05, 0) is 30.8 Å². The molecule has 1 aliphatic rings. The minimum absolute atomic E-state index is 0.604. The van der Waals surface area contributed by atoms with Crippen LogP contribution in [-0.4, -0.2) is 25.2 Å². The van der Waals surface area contributed by atoms with E-state index in [1.165, 1.54) is 0 Å². The van der Waals surface area contributed by atoms with Gasteiger partial charge in [-0.15, -0.1) is 0 Å². The summed E-state index contributed by atoms with van der Waals surface area (Å²) in [5.41, 5.74) is 3.25. The molecule has 0 saturated heterocycles. The van der Waals surface area contributed by atoms with Crippen molar-refractivity contribution >= 4 is 0 Å². The van der Waals surface area contributed by atoms with Gasteiger partial charge in [-0.2, -0.15) is 0 Å². The van der Waals surface area contributed by atoms with Gasteiger partial charge in [-0.1, -0.05) is 12.1 Å². The van der Waals surface area contributed by atoms with Crippen LogP contribution in [0, 0.1) is 0 Å². The highest BCUT2D eigenvalue weighted by atomic mass is 16.6. The van der Waals surface area contributed by atoms with E-state index in [9.17, 15) is 0 Å². The highest BCUT2D eigenvalue weighted by molar-refractivity contribution is 5.69. The number of ether oxygens (including phenoxy) is 2. The molecule has 4 nitrogen and oxygen atoms in total. The topological polar surface area (TPSA) is 43.4 Å². The fraction of sp³-hybridized carbons (Fsp3) is 0.267. The van der Waals surface area contributed by atoms with E-state index in [1.54, 1.807) is 0 Å². The first kappa shape index (κ1) is 12.0. The number of nitrogens with zero attached hydrogens (tertiary/aromatic N) is 1. The van der Waals surface area contributed by atoms with Gasteiger partial charge in [0.25, 0.3) is 0 Å². The van der Waals surface area contributed by atoms with E-state index in [4.69, 9.17) is 9.47 Å². The molecule has 0 radical (unpaired) electrons. The number of nitrogens with one attached hydrogen (secondary N) is 1. The van der Waals surface area contributed by atoms with Crippen LogP contribution in [0.15, 0.2) is 36.5 Å². The summed E-state index contributed by atoms with van der Waals surface area (Å²) in [6.07, 6.45) is 1.81. The Morgan fingerprint density at radius 1 is 1.16 bits per heavy atom. The second kappa shape index (κ2) is 5.28.